The van der Waals surface area contributed by atoms with Gasteiger partial charge in [0.2, 0.25) is 5.69 Å². The Kier molecular flexibility index (Phi) is 6.32. The van der Waals surface area contributed by atoms with Crippen LogP contribution in [0.4, 0.5) is 10.3 Å². The molecule has 2 aromatic rings. The lowest BCUT2D eigenvalue weighted by Crippen LogP contribution is -2.40. The van der Waals surface area contributed by atoms with Crippen LogP contribution in [0.5, 0.6) is 5.88 Å². The summed E-state index contributed by atoms with van der Waals surface area (Å²) in [5.74, 6) is 0.753. The molecule has 0 spiro atoms. The molecule has 10 heteroatoms. The maximum Gasteiger partial charge on any atom is 0.266 e. The molecule has 31 heavy (non-hydrogen) atoms. The Hall–Kier alpha value is -2.80. The molecule has 0 radical (unpaired) electrons. The first-order valence-corrected chi connectivity index (χ1v) is 10.7. The molecule has 0 N–H and O–H groups in total. The zero-order valence-corrected chi connectivity index (χ0v) is 17.8. The number of anilines is 1. The summed E-state index contributed by atoms with van der Waals surface area (Å²) in [4.78, 5) is 14.3. The molecule has 1 saturated carbocycles. The van der Waals surface area contributed by atoms with Gasteiger partial charge in [-0.2, -0.15) is 10.2 Å². The molecule has 1 aliphatic carbocycles. The Morgan fingerprint density at radius 3 is 2.35 bits per heavy atom. The van der Waals surface area contributed by atoms with E-state index in [4.69, 9.17) is 19.3 Å². The fourth-order valence-electron chi connectivity index (χ4n) is 3.98. The van der Waals surface area contributed by atoms with Gasteiger partial charge in [0.25, 0.3) is 17.7 Å². The van der Waals surface area contributed by atoms with Gasteiger partial charge in [-0.3, -0.25) is 0 Å². The summed E-state index contributed by atoms with van der Waals surface area (Å²) < 4.78 is 31.2. The number of hydrogen-bond donors (Lipinski definition) is 0. The van der Waals surface area contributed by atoms with Gasteiger partial charge >= 0.3 is 0 Å². The second kappa shape index (κ2) is 9.14. The van der Waals surface area contributed by atoms with Crippen molar-refractivity contribution in [1.29, 1.82) is 5.26 Å². The van der Waals surface area contributed by atoms with Crippen LogP contribution in [0.25, 0.3) is 0 Å². The summed E-state index contributed by atoms with van der Waals surface area (Å²) in [7, 11) is 0. The van der Waals surface area contributed by atoms with Gasteiger partial charge in [0.15, 0.2) is 5.67 Å². The first-order valence-electron chi connectivity index (χ1n) is 10.7. The van der Waals surface area contributed by atoms with E-state index in [1.54, 1.807) is 0 Å². The molecule has 9 nitrogen and oxygen atoms in total. The minimum Gasteiger partial charge on any atom is -0.472 e. The molecule has 0 bridgehead atoms. The van der Waals surface area contributed by atoms with Crippen molar-refractivity contribution in [2.24, 2.45) is 0 Å². The third-order valence-corrected chi connectivity index (χ3v) is 5.70. The Morgan fingerprint density at radius 2 is 1.71 bits per heavy atom. The highest BCUT2D eigenvalue weighted by molar-refractivity contribution is 5.30. The van der Waals surface area contributed by atoms with Crippen LogP contribution in [0.15, 0.2) is 16.9 Å². The summed E-state index contributed by atoms with van der Waals surface area (Å²) in [6.07, 6.45) is 8.70. The quantitative estimate of drug-likeness (QED) is 0.681. The Labute approximate surface area is 180 Å². The predicted molar refractivity (Wildman–Crippen MR) is 108 cm³/mol. The van der Waals surface area contributed by atoms with Crippen LogP contribution in [0, 0.1) is 11.3 Å². The van der Waals surface area contributed by atoms with Crippen molar-refractivity contribution in [2.45, 2.75) is 76.4 Å². The van der Waals surface area contributed by atoms with Crippen molar-refractivity contribution in [3.63, 3.8) is 0 Å². The van der Waals surface area contributed by atoms with Crippen LogP contribution in [-0.2, 0) is 10.4 Å². The van der Waals surface area contributed by atoms with Crippen LogP contribution in [0.1, 0.15) is 64.0 Å². The molecule has 0 aromatic carbocycles. The normalized spacial score (nSPS) is 22.8. The van der Waals surface area contributed by atoms with Gasteiger partial charge in [-0.25, -0.2) is 14.4 Å². The number of halogens is 1. The molecule has 0 atom stereocenters. The van der Waals surface area contributed by atoms with E-state index >= 15 is 0 Å². The number of ether oxygens (including phenoxy) is 2. The SMILES string of the molecule is CC(C)(F)c1nc(N2CCC(OC3CCC(Oc4nccnc4C#N)CC3)CC2)no1. The summed E-state index contributed by atoms with van der Waals surface area (Å²) in [6, 6.07) is 2.01. The van der Waals surface area contributed by atoms with Crippen molar-refractivity contribution in [3.8, 4) is 11.9 Å². The van der Waals surface area contributed by atoms with Crippen molar-refractivity contribution in [3.05, 3.63) is 24.0 Å². The van der Waals surface area contributed by atoms with Gasteiger partial charge in [0.1, 0.15) is 12.2 Å². The smallest absolute Gasteiger partial charge is 0.266 e. The number of piperidine rings is 1. The number of rotatable bonds is 6. The molecule has 2 aliphatic rings. The Morgan fingerprint density at radius 1 is 1.06 bits per heavy atom. The summed E-state index contributed by atoms with van der Waals surface area (Å²) in [6.45, 7) is 4.30. The highest BCUT2D eigenvalue weighted by Crippen LogP contribution is 2.29. The molecule has 4 rings (SSSR count). The largest absolute Gasteiger partial charge is 0.472 e. The maximum atomic E-state index is 13.9. The summed E-state index contributed by atoms with van der Waals surface area (Å²) in [5.41, 5.74) is -1.42. The van der Waals surface area contributed by atoms with Gasteiger partial charge in [0, 0.05) is 25.5 Å². The third kappa shape index (κ3) is 5.28. The van der Waals surface area contributed by atoms with Crippen LogP contribution in [0.2, 0.25) is 0 Å². The molecule has 0 amide bonds. The fourth-order valence-corrected chi connectivity index (χ4v) is 3.98. The van der Waals surface area contributed by atoms with Crippen LogP contribution >= 0.6 is 0 Å². The molecule has 1 aliphatic heterocycles. The van der Waals surface area contributed by atoms with E-state index in [0.29, 0.717) is 11.8 Å². The van der Waals surface area contributed by atoms with E-state index in [0.717, 1.165) is 51.6 Å². The van der Waals surface area contributed by atoms with Gasteiger partial charge < -0.3 is 18.9 Å². The average molecular weight is 430 g/mol. The van der Waals surface area contributed by atoms with Crippen molar-refractivity contribution < 1.29 is 18.4 Å². The van der Waals surface area contributed by atoms with Crippen LogP contribution in [0.3, 0.4) is 0 Å². The Bertz CT molecular complexity index is 908. The van der Waals surface area contributed by atoms with Gasteiger partial charge in [-0.15, -0.1) is 0 Å². The summed E-state index contributed by atoms with van der Waals surface area (Å²) >= 11 is 0. The highest BCUT2D eigenvalue weighted by Gasteiger charge is 2.31. The van der Waals surface area contributed by atoms with E-state index in [1.165, 1.54) is 26.2 Å². The number of nitrogens with zero attached hydrogens (tertiary/aromatic N) is 6. The van der Waals surface area contributed by atoms with Crippen molar-refractivity contribution >= 4 is 5.95 Å². The molecule has 3 heterocycles. The molecule has 2 fully saturated rings. The lowest BCUT2D eigenvalue weighted by molar-refractivity contribution is -0.0532. The predicted octanol–water partition coefficient (Wildman–Crippen LogP) is 3.31. The van der Waals surface area contributed by atoms with E-state index in [1.807, 2.05) is 11.0 Å². The monoisotopic (exact) mass is 430 g/mol. The van der Waals surface area contributed by atoms with Gasteiger partial charge in [0.05, 0.1) is 12.2 Å². The molecule has 166 valence electrons. The van der Waals surface area contributed by atoms with Gasteiger partial charge in [-0.1, -0.05) is 0 Å². The van der Waals surface area contributed by atoms with Crippen LogP contribution in [-0.4, -0.2) is 51.5 Å². The first kappa shape index (κ1) is 21.4. The van der Waals surface area contributed by atoms with E-state index < -0.39 is 5.67 Å². The zero-order valence-electron chi connectivity index (χ0n) is 17.8. The number of alkyl halides is 1. The zero-order chi connectivity index (χ0) is 21.8. The first-order chi connectivity index (χ1) is 14.9. The summed E-state index contributed by atoms with van der Waals surface area (Å²) in [5, 5.41) is 13.0. The lowest BCUT2D eigenvalue weighted by Gasteiger charge is -2.35. The minimum absolute atomic E-state index is 0.00299. The standard InChI is InChI=1S/C21H27FN6O3/c1-21(2,22)19-26-20(27-31-19)28-11-7-16(8-12-28)29-14-3-5-15(6-4-14)30-18-17(13-23)24-9-10-25-18/h9-10,14-16H,3-8,11-12H2,1-2H3. The second-order valence-electron chi connectivity index (χ2n) is 8.53. The lowest BCUT2D eigenvalue weighted by atomic mass is 9.94. The molecule has 1 saturated heterocycles. The molecule has 0 unspecified atom stereocenters. The molecule has 2 aromatic heterocycles. The average Bonchev–Trinajstić information content (AvgIpc) is 3.27. The maximum absolute atomic E-state index is 13.9. The topological polar surface area (TPSA) is 110 Å². The molecular formula is C21H27FN6O3. The van der Waals surface area contributed by atoms with Gasteiger partial charge in [-0.05, 0) is 57.5 Å². The second-order valence-corrected chi connectivity index (χ2v) is 8.53. The van der Waals surface area contributed by atoms with E-state index in [9.17, 15) is 4.39 Å². The Balaban J connectivity index is 1.21. The minimum atomic E-state index is -1.64. The number of nitriles is 1. The van der Waals surface area contributed by atoms with E-state index in [2.05, 4.69) is 20.1 Å². The number of aromatic nitrogens is 4. The van der Waals surface area contributed by atoms with Crippen LogP contribution < -0.4 is 9.64 Å². The fraction of sp³-hybridized carbons (Fsp3) is 0.667. The molecular weight excluding hydrogens is 403 g/mol. The van der Waals surface area contributed by atoms with Crippen molar-refractivity contribution in [2.75, 3.05) is 18.0 Å². The van der Waals surface area contributed by atoms with E-state index in [-0.39, 0.29) is 29.9 Å². The van der Waals surface area contributed by atoms with Crippen molar-refractivity contribution in [1.82, 2.24) is 20.1 Å². The highest BCUT2D eigenvalue weighted by atomic mass is 19.1. The third-order valence-electron chi connectivity index (χ3n) is 5.70. The number of hydrogen-bond acceptors (Lipinski definition) is 9.